The number of benzene rings is 1. The minimum Gasteiger partial charge on any atom is -0.395 e. The van der Waals surface area contributed by atoms with Gasteiger partial charge in [-0.05, 0) is 37.0 Å². The van der Waals surface area contributed by atoms with Gasteiger partial charge >= 0.3 is 0 Å². The van der Waals surface area contributed by atoms with E-state index in [-0.39, 0.29) is 12.5 Å². The maximum atomic E-state index is 12.7. The molecule has 0 aliphatic heterocycles. The summed E-state index contributed by atoms with van der Waals surface area (Å²) >= 11 is 0. The first-order chi connectivity index (χ1) is 11.0. The quantitative estimate of drug-likeness (QED) is 0.825. The van der Waals surface area contributed by atoms with Crippen LogP contribution in [0, 0.1) is 12.8 Å². The number of aryl methyl sites for hydroxylation is 1. The minimum atomic E-state index is -0.0811. The smallest absolute Gasteiger partial charge is 0.254 e. The van der Waals surface area contributed by atoms with Gasteiger partial charge in [-0.15, -0.1) is 0 Å². The number of imidazole rings is 1. The Morgan fingerprint density at radius 3 is 2.52 bits per heavy atom. The predicted molar refractivity (Wildman–Crippen MR) is 90.1 cm³/mol. The lowest BCUT2D eigenvalue weighted by atomic mass is 10.0. The highest BCUT2D eigenvalue weighted by atomic mass is 16.3. The second-order valence-corrected chi connectivity index (χ2v) is 6.24. The highest BCUT2D eigenvalue weighted by Gasteiger charge is 2.16. The molecule has 0 aliphatic rings. The second kappa shape index (κ2) is 7.92. The number of aliphatic hydroxyl groups is 1. The first kappa shape index (κ1) is 17.2. The molecule has 0 saturated heterocycles. The fourth-order valence-corrected chi connectivity index (χ4v) is 2.57. The molecule has 2 aromatic rings. The van der Waals surface area contributed by atoms with Crippen LogP contribution in [0.2, 0.25) is 0 Å². The van der Waals surface area contributed by atoms with Crippen LogP contribution in [-0.4, -0.2) is 39.0 Å². The summed E-state index contributed by atoms with van der Waals surface area (Å²) < 4.78 is 0. The maximum Gasteiger partial charge on any atom is 0.254 e. The highest BCUT2D eigenvalue weighted by molar-refractivity contribution is 5.94. The van der Waals surface area contributed by atoms with E-state index in [0.29, 0.717) is 24.6 Å². The largest absolute Gasteiger partial charge is 0.395 e. The molecule has 5 nitrogen and oxygen atoms in total. The van der Waals surface area contributed by atoms with Gasteiger partial charge in [0.15, 0.2) is 0 Å². The first-order valence-electron chi connectivity index (χ1n) is 7.99. The molecule has 1 aromatic heterocycles. The highest BCUT2D eigenvalue weighted by Crippen LogP contribution is 2.13. The molecule has 2 N–H and O–H groups in total. The van der Waals surface area contributed by atoms with Gasteiger partial charge in [0.05, 0.1) is 25.0 Å². The van der Waals surface area contributed by atoms with Gasteiger partial charge < -0.3 is 15.0 Å². The molecule has 1 amide bonds. The summed E-state index contributed by atoms with van der Waals surface area (Å²) in [5.41, 5.74) is 2.73. The Hall–Kier alpha value is -2.14. The fraction of sp³-hybridized carbons (Fsp3) is 0.444. The molecule has 1 aromatic carbocycles. The van der Waals surface area contributed by atoms with Crippen LogP contribution >= 0.6 is 0 Å². The van der Waals surface area contributed by atoms with Crippen molar-refractivity contribution in [1.82, 2.24) is 14.9 Å². The molecule has 0 unspecified atom stereocenters. The van der Waals surface area contributed by atoms with Crippen LogP contribution < -0.4 is 0 Å². The zero-order chi connectivity index (χ0) is 16.8. The number of carbonyl (C=O) groups is 1. The molecule has 0 bridgehead atoms. The number of aliphatic hydroxyl groups excluding tert-OH is 1. The van der Waals surface area contributed by atoms with Crippen molar-refractivity contribution in [2.24, 2.45) is 5.92 Å². The van der Waals surface area contributed by atoms with E-state index in [1.165, 1.54) is 5.56 Å². The van der Waals surface area contributed by atoms with E-state index in [4.69, 9.17) is 0 Å². The molecule has 0 saturated carbocycles. The number of aromatic nitrogens is 2. The Labute approximate surface area is 137 Å². The molecule has 0 radical (unpaired) electrons. The van der Waals surface area contributed by atoms with Crippen molar-refractivity contribution >= 4 is 5.91 Å². The number of amides is 1. The van der Waals surface area contributed by atoms with Crippen molar-refractivity contribution < 1.29 is 9.90 Å². The van der Waals surface area contributed by atoms with E-state index in [1.807, 2.05) is 31.2 Å². The topological polar surface area (TPSA) is 69.2 Å². The number of rotatable bonds is 7. The number of hydrogen-bond acceptors (Lipinski definition) is 3. The van der Waals surface area contributed by atoms with Crippen LogP contribution in [0.15, 0.2) is 30.5 Å². The summed E-state index contributed by atoms with van der Waals surface area (Å²) in [6.07, 6.45) is 2.72. The van der Waals surface area contributed by atoms with Gasteiger partial charge in [0, 0.05) is 12.1 Å². The van der Waals surface area contributed by atoms with Crippen LogP contribution in [0.1, 0.15) is 41.3 Å². The van der Waals surface area contributed by atoms with Gasteiger partial charge in [0.25, 0.3) is 5.91 Å². The molecule has 0 aliphatic carbocycles. The Bertz CT molecular complexity index is 632. The molecule has 124 valence electrons. The number of nitrogens with zero attached hydrogens (tertiary/aromatic N) is 2. The lowest BCUT2D eigenvalue weighted by Crippen LogP contribution is -2.33. The predicted octanol–water partition coefficient (Wildman–Crippen LogP) is 2.55. The van der Waals surface area contributed by atoms with Gasteiger partial charge in [-0.3, -0.25) is 4.79 Å². The molecule has 1 heterocycles. The maximum absolute atomic E-state index is 12.7. The molecular weight excluding hydrogens is 290 g/mol. The molecule has 0 atom stereocenters. The lowest BCUT2D eigenvalue weighted by Gasteiger charge is -2.21. The van der Waals surface area contributed by atoms with Gasteiger partial charge in [-0.1, -0.05) is 26.0 Å². The lowest BCUT2D eigenvalue weighted by molar-refractivity contribution is 0.0705. The van der Waals surface area contributed by atoms with Gasteiger partial charge in [-0.25, -0.2) is 4.98 Å². The summed E-state index contributed by atoms with van der Waals surface area (Å²) in [5.74, 6) is 1.32. The van der Waals surface area contributed by atoms with Crippen LogP contribution in [0.5, 0.6) is 0 Å². The van der Waals surface area contributed by atoms with Gasteiger partial charge in [-0.2, -0.15) is 0 Å². The monoisotopic (exact) mass is 315 g/mol. The SMILES string of the molecule is Cc1ncc(CN(CCO)C(=O)c2ccc(CC(C)C)cc2)[nH]1. The second-order valence-electron chi connectivity index (χ2n) is 6.24. The Kier molecular flexibility index (Phi) is 5.93. The van der Waals surface area contributed by atoms with Gasteiger partial charge in [0.1, 0.15) is 5.82 Å². The van der Waals surface area contributed by atoms with E-state index in [1.54, 1.807) is 11.1 Å². The zero-order valence-corrected chi connectivity index (χ0v) is 14.0. The van der Waals surface area contributed by atoms with E-state index >= 15 is 0 Å². The van der Waals surface area contributed by atoms with Crippen LogP contribution in [0.4, 0.5) is 0 Å². The molecule has 0 spiro atoms. The van der Waals surface area contributed by atoms with Crippen LogP contribution in [-0.2, 0) is 13.0 Å². The number of hydrogen-bond donors (Lipinski definition) is 2. The molecule has 23 heavy (non-hydrogen) atoms. The van der Waals surface area contributed by atoms with E-state index < -0.39 is 0 Å². The Morgan fingerprint density at radius 1 is 1.30 bits per heavy atom. The number of H-pyrrole nitrogens is 1. The van der Waals surface area contributed by atoms with E-state index in [0.717, 1.165) is 17.9 Å². The summed E-state index contributed by atoms with van der Waals surface area (Å²) in [6, 6.07) is 7.74. The molecule has 2 rings (SSSR count). The van der Waals surface area contributed by atoms with Crippen LogP contribution in [0.25, 0.3) is 0 Å². The first-order valence-corrected chi connectivity index (χ1v) is 7.99. The fourth-order valence-electron chi connectivity index (χ4n) is 2.57. The summed E-state index contributed by atoms with van der Waals surface area (Å²) in [6.45, 7) is 6.86. The minimum absolute atomic E-state index is 0.0652. The Balaban J connectivity index is 2.10. The van der Waals surface area contributed by atoms with Crippen molar-refractivity contribution in [3.05, 3.63) is 53.1 Å². The normalized spacial score (nSPS) is 11.0. The summed E-state index contributed by atoms with van der Waals surface area (Å²) in [7, 11) is 0. The third-order valence-electron chi connectivity index (χ3n) is 3.62. The van der Waals surface area contributed by atoms with Crippen molar-refractivity contribution in [1.29, 1.82) is 0 Å². The Morgan fingerprint density at radius 2 is 2.00 bits per heavy atom. The standard InChI is InChI=1S/C18H25N3O2/c1-13(2)10-15-4-6-16(7-5-15)18(23)21(8-9-22)12-17-11-19-14(3)20-17/h4-7,11,13,22H,8-10,12H2,1-3H3,(H,19,20). The van der Waals surface area contributed by atoms with E-state index in [9.17, 15) is 9.90 Å². The number of carbonyl (C=O) groups excluding carboxylic acids is 1. The van der Waals surface area contributed by atoms with Crippen molar-refractivity contribution in [2.75, 3.05) is 13.2 Å². The summed E-state index contributed by atoms with van der Waals surface area (Å²) in [5, 5.41) is 9.24. The molecular formula is C18H25N3O2. The average molecular weight is 315 g/mol. The number of nitrogens with one attached hydrogen (secondary N) is 1. The molecule has 5 heteroatoms. The number of aromatic amines is 1. The van der Waals surface area contributed by atoms with E-state index in [2.05, 4.69) is 23.8 Å². The van der Waals surface area contributed by atoms with Gasteiger partial charge in [0.2, 0.25) is 0 Å². The summed E-state index contributed by atoms with van der Waals surface area (Å²) in [4.78, 5) is 21.5. The van der Waals surface area contributed by atoms with Crippen molar-refractivity contribution in [2.45, 2.75) is 33.7 Å². The van der Waals surface area contributed by atoms with Crippen molar-refractivity contribution in [3.63, 3.8) is 0 Å². The zero-order valence-electron chi connectivity index (χ0n) is 14.0. The van der Waals surface area contributed by atoms with Crippen molar-refractivity contribution in [3.8, 4) is 0 Å². The third-order valence-corrected chi connectivity index (χ3v) is 3.62. The van der Waals surface area contributed by atoms with Crippen LogP contribution in [0.3, 0.4) is 0 Å². The molecule has 0 fully saturated rings. The third kappa shape index (κ3) is 4.93. The average Bonchev–Trinajstić information content (AvgIpc) is 2.91.